The second-order valence-electron chi connectivity index (χ2n) is 26.3. The number of fused-ring (bicyclic) bond motifs is 7. The summed E-state index contributed by atoms with van der Waals surface area (Å²) < 4.78 is 80.7. The molecule has 0 radical (unpaired) electrons. The summed E-state index contributed by atoms with van der Waals surface area (Å²) in [7, 11) is 0. The lowest BCUT2D eigenvalue weighted by atomic mass is 9.34. The van der Waals surface area contributed by atoms with Gasteiger partial charge in [-0.05, 0) is 78.5 Å². The molecule has 0 spiro atoms. The highest BCUT2D eigenvalue weighted by Crippen LogP contribution is 2.80. The van der Waals surface area contributed by atoms with Gasteiger partial charge in [-0.1, -0.05) is 88.4 Å². The number of hydrogen-bond acceptors (Lipinski definition) is 22. The van der Waals surface area contributed by atoms with Crippen LogP contribution >= 0.6 is 0 Å². The van der Waals surface area contributed by atoms with Gasteiger partial charge in [0.2, 0.25) is 5.91 Å². The Labute approximate surface area is 577 Å². The number of amides is 3. The minimum Gasteiger partial charge on any atom is -0.392 e. The fourth-order valence-corrected chi connectivity index (χ4v) is 15.2. The fourth-order valence-electron chi connectivity index (χ4n) is 15.2. The van der Waals surface area contributed by atoms with Crippen LogP contribution < -0.4 is 10.6 Å². The van der Waals surface area contributed by atoms with Crippen LogP contribution in [0.4, 0.5) is 5.69 Å². The van der Waals surface area contributed by atoms with Gasteiger partial charge in [-0.15, -0.1) is 6.58 Å². The van der Waals surface area contributed by atoms with Crippen molar-refractivity contribution < 1.29 is 101 Å². The minimum atomic E-state index is -1.11. The molecule has 24 heteroatoms. The number of anilines is 1. The summed E-state index contributed by atoms with van der Waals surface area (Å²) in [4.78, 5) is 49.7. The molecular formula is C74H107N3O21. The summed E-state index contributed by atoms with van der Waals surface area (Å²) in [6.07, 6.45) is 9.92. The summed E-state index contributed by atoms with van der Waals surface area (Å²) >= 11 is 0. The average molecular weight is 1370 g/mol. The van der Waals surface area contributed by atoms with Crippen molar-refractivity contribution in [1.29, 1.82) is 0 Å². The van der Waals surface area contributed by atoms with Crippen molar-refractivity contribution in [3.8, 4) is 0 Å². The Bertz CT molecular complexity index is 2950. The van der Waals surface area contributed by atoms with E-state index in [-0.39, 0.29) is 67.9 Å². The topological polar surface area (TPSA) is 285 Å². The van der Waals surface area contributed by atoms with E-state index in [1.165, 1.54) is 12.2 Å². The number of carbonyl (C=O) groups is 4. The normalized spacial score (nSPS) is 27.3. The van der Waals surface area contributed by atoms with Crippen LogP contribution in [-0.4, -0.2) is 246 Å². The molecule has 11 atom stereocenters. The van der Waals surface area contributed by atoms with Crippen LogP contribution in [0.3, 0.4) is 0 Å². The van der Waals surface area contributed by atoms with E-state index in [2.05, 4.69) is 69.7 Å². The predicted octanol–water partition coefficient (Wildman–Crippen LogP) is 5.81. The molecule has 544 valence electrons. The van der Waals surface area contributed by atoms with Gasteiger partial charge < -0.3 is 87.0 Å². The number of carbonyl (C=O) groups excluding carboxylic acids is 4. The molecule has 0 bridgehead atoms. The number of imide groups is 1. The largest absolute Gasteiger partial charge is 0.392 e. The van der Waals surface area contributed by atoms with Crippen molar-refractivity contribution in [1.82, 2.24) is 10.2 Å². The van der Waals surface area contributed by atoms with Crippen LogP contribution in [0.2, 0.25) is 0 Å². The van der Waals surface area contributed by atoms with Crippen molar-refractivity contribution in [2.45, 2.75) is 96.5 Å². The first-order chi connectivity index (χ1) is 47.5. The number of nitrogens with zero attached hydrogens (tertiary/aromatic N) is 1. The summed E-state index contributed by atoms with van der Waals surface area (Å²) in [5, 5.41) is 39.3. The fraction of sp³-hybridized carbons (Fsp3) is 0.649. The van der Waals surface area contributed by atoms with Crippen molar-refractivity contribution in [2.24, 2.45) is 33.5 Å². The van der Waals surface area contributed by atoms with Crippen LogP contribution in [0.15, 0.2) is 109 Å². The standard InChI is InChI=1S/C74H107N3O21/c1-7-73-52-64-74(55(3)53-78,71(73,5)51-63(80)72(6)62(73)47-54(2)61-50-60(79)17-20-70(61,72)4)98-69(97-64)58-13-11-56(12-14-58)48-57-9-8-10-59(49-57)76-66(82)19-23-85-25-27-87-29-31-89-33-35-91-37-39-93-41-43-95-45-46-96-44-42-94-40-38-92-36-34-90-32-30-88-28-26-86-24-21-75-65(81)18-22-77-67(83)15-16-68(77)84/h7-17,20,49-50,54,62-65,69,75,78,80-81H,1,3,18-19,21-48,51-53H2,2,4-6H3,(H,76,82)/t54-,62+,63-,64+,65?,69+,70-,71-,72+,73-,74+/m0/s1. The Hall–Kier alpha value is -5.30. The van der Waals surface area contributed by atoms with Gasteiger partial charge in [0.1, 0.15) is 11.8 Å². The molecule has 3 amide bonds. The van der Waals surface area contributed by atoms with E-state index in [0.29, 0.717) is 189 Å². The Balaban J connectivity index is 0.562. The van der Waals surface area contributed by atoms with Gasteiger partial charge in [0.15, 0.2) is 12.1 Å². The van der Waals surface area contributed by atoms with Crippen molar-refractivity contribution >= 4 is 29.2 Å². The SMILES string of the molecule is C=C[C@@]12C[C@H]3O[C@@H](c4ccc(Cc5cccc(NC(=O)CCOCCOCCOCCOCCOCCOCCOCCOCCOCCOCCOCCOCCNC(O)CCN6C(=O)C=CC6=O)c5)cc4)O[C@@]3(C(=C)CO)[C@@]1(C)C[C@H](O)[C@@]1(C)[C@H]2C[C@H](C)C2=CC(=O)C=C[C@@]21C. The van der Waals surface area contributed by atoms with Gasteiger partial charge in [-0.25, -0.2) is 0 Å². The number of hydrogen-bond donors (Lipinski definition) is 5. The predicted molar refractivity (Wildman–Crippen MR) is 363 cm³/mol. The van der Waals surface area contributed by atoms with Gasteiger partial charge in [-0.3, -0.25) is 29.4 Å². The maximum absolute atomic E-state index is 12.9. The first-order valence-electron chi connectivity index (χ1n) is 34.7. The van der Waals surface area contributed by atoms with Gasteiger partial charge >= 0.3 is 0 Å². The molecule has 2 aliphatic heterocycles. The third kappa shape index (κ3) is 19.9. The Morgan fingerprint density at radius 3 is 1.68 bits per heavy atom. The molecule has 0 aromatic heterocycles. The van der Waals surface area contributed by atoms with Crippen LogP contribution in [0.1, 0.15) is 82.8 Å². The average Bonchev–Trinajstić information content (AvgIpc) is 1.42. The first-order valence-corrected chi connectivity index (χ1v) is 34.7. The molecule has 6 aliphatic rings. The molecule has 2 aromatic rings. The van der Waals surface area contributed by atoms with E-state index < -0.39 is 52.0 Å². The Morgan fingerprint density at radius 1 is 0.684 bits per heavy atom. The number of ether oxygens (including phenoxy) is 14. The zero-order chi connectivity index (χ0) is 69.9. The van der Waals surface area contributed by atoms with E-state index >= 15 is 0 Å². The highest BCUT2D eigenvalue weighted by molar-refractivity contribution is 6.12. The molecule has 98 heavy (non-hydrogen) atoms. The summed E-state index contributed by atoms with van der Waals surface area (Å²) in [5.74, 6) is -0.847. The van der Waals surface area contributed by atoms with Gasteiger partial charge in [0, 0.05) is 64.6 Å². The van der Waals surface area contributed by atoms with Crippen molar-refractivity contribution in [3.05, 3.63) is 126 Å². The number of nitrogens with one attached hydrogen (secondary N) is 2. The third-order valence-electron chi connectivity index (χ3n) is 20.4. The van der Waals surface area contributed by atoms with E-state index in [1.807, 2.05) is 42.5 Å². The lowest BCUT2D eigenvalue weighted by molar-refractivity contribution is -0.243. The molecule has 1 saturated heterocycles. The monoisotopic (exact) mass is 1370 g/mol. The molecule has 2 heterocycles. The zero-order valence-electron chi connectivity index (χ0n) is 57.9. The van der Waals surface area contributed by atoms with Crippen LogP contribution in [-0.2, 0) is 91.9 Å². The highest BCUT2D eigenvalue weighted by atomic mass is 16.7. The summed E-state index contributed by atoms with van der Waals surface area (Å²) in [6, 6.07) is 15.9. The van der Waals surface area contributed by atoms with E-state index in [4.69, 9.17) is 66.3 Å². The van der Waals surface area contributed by atoms with Crippen molar-refractivity contribution in [2.75, 3.05) is 184 Å². The first kappa shape index (κ1) is 78.4. The molecule has 2 aromatic carbocycles. The van der Waals surface area contributed by atoms with E-state index in [9.17, 15) is 34.5 Å². The van der Waals surface area contributed by atoms with E-state index in [0.717, 1.165) is 33.6 Å². The molecule has 8 rings (SSSR count). The Kier molecular flexibility index (Phi) is 31.4. The second kappa shape index (κ2) is 39.2. The van der Waals surface area contributed by atoms with Crippen LogP contribution in [0.25, 0.3) is 0 Å². The van der Waals surface area contributed by atoms with E-state index in [1.54, 1.807) is 12.2 Å². The summed E-state index contributed by atoms with van der Waals surface area (Å²) in [5.41, 5.74) is 1.63. The van der Waals surface area contributed by atoms with Gasteiger partial charge in [-0.2, -0.15) is 0 Å². The quantitative estimate of drug-likeness (QED) is 0.0226. The van der Waals surface area contributed by atoms with Gasteiger partial charge in [0.25, 0.3) is 11.8 Å². The van der Waals surface area contributed by atoms with Crippen LogP contribution in [0.5, 0.6) is 0 Å². The number of allylic oxidation sites excluding steroid dienone is 5. The molecule has 5 N–H and O–H groups in total. The Morgan fingerprint density at radius 2 is 1.18 bits per heavy atom. The molecule has 24 nitrogen and oxygen atoms in total. The lowest BCUT2D eigenvalue weighted by Crippen LogP contribution is -2.69. The maximum atomic E-state index is 12.9. The van der Waals surface area contributed by atoms with Crippen LogP contribution in [0, 0.1) is 33.5 Å². The maximum Gasteiger partial charge on any atom is 0.253 e. The lowest BCUT2D eigenvalue weighted by Gasteiger charge is -2.70. The second-order valence-corrected chi connectivity index (χ2v) is 26.3. The number of aliphatic hydroxyl groups excluding tert-OH is 3. The number of benzene rings is 2. The molecule has 4 fully saturated rings. The number of ketones is 1. The van der Waals surface area contributed by atoms with Gasteiger partial charge in [0.05, 0.1) is 184 Å². The smallest absolute Gasteiger partial charge is 0.253 e. The third-order valence-corrected chi connectivity index (χ3v) is 20.4. The molecule has 4 aliphatic carbocycles. The highest BCUT2D eigenvalue weighted by Gasteiger charge is 2.81. The zero-order valence-corrected chi connectivity index (χ0v) is 57.9. The number of aliphatic hydroxyl groups is 3. The molecule has 1 unspecified atom stereocenters. The minimum absolute atomic E-state index is 0.0159. The molecular weight excluding hydrogens is 1270 g/mol. The number of rotatable bonds is 50. The summed E-state index contributed by atoms with van der Waals surface area (Å²) in [6.45, 7) is 28.1. The molecule has 3 saturated carbocycles. The van der Waals surface area contributed by atoms with Crippen molar-refractivity contribution in [3.63, 3.8) is 0 Å².